The zero-order valence-corrected chi connectivity index (χ0v) is 11.6. The fraction of sp³-hybridized carbons (Fsp3) is 0.364. The summed E-state index contributed by atoms with van der Waals surface area (Å²) in [5.74, 6) is -9.55. The number of benzene rings is 1. The summed E-state index contributed by atoms with van der Waals surface area (Å²) in [6.45, 7) is 0.0159. The maximum atomic E-state index is 13.5. The zero-order chi connectivity index (χ0) is 16.4. The lowest BCUT2D eigenvalue weighted by Gasteiger charge is -2.20. The minimum Gasteiger partial charge on any atom is -0.480 e. The highest BCUT2D eigenvalue weighted by atomic mass is 32.2. The second-order valence-corrected chi connectivity index (χ2v) is 5.90. The van der Waals surface area contributed by atoms with Crippen LogP contribution in [0.5, 0.6) is 0 Å². The summed E-state index contributed by atoms with van der Waals surface area (Å²) in [5.41, 5.74) is 0. The van der Waals surface area contributed by atoms with Gasteiger partial charge in [0.1, 0.15) is 6.54 Å². The highest BCUT2D eigenvalue weighted by Gasteiger charge is 2.35. The molecule has 0 fully saturated rings. The lowest BCUT2D eigenvalue weighted by atomic mass is 10.3. The number of carbonyl (C=O) groups is 1. The van der Waals surface area contributed by atoms with E-state index in [0.717, 1.165) is 0 Å². The molecule has 1 aromatic rings. The van der Waals surface area contributed by atoms with Gasteiger partial charge in [0.05, 0.1) is 0 Å². The summed E-state index contributed by atoms with van der Waals surface area (Å²) in [7, 11) is -5.04. The molecule has 0 spiro atoms. The van der Waals surface area contributed by atoms with Gasteiger partial charge in [0.25, 0.3) is 0 Å². The first kappa shape index (κ1) is 17.4. The molecule has 5 nitrogen and oxygen atoms in total. The second-order valence-electron chi connectivity index (χ2n) is 4.03. The molecule has 1 rings (SSSR count). The average molecular weight is 329 g/mol. The molecule has 0 aliphatic rings. The summed E-state index contributed by atoms with van der Waals surface area (Å²) >= 11 is 0. The lowest BCUT2D eigenvalue weighted by Crippen LogP contribution is -2.37. The quantitative estimate of drug-likeness (QED) is 0.637. The molecule has 0 saturated heterocycles. The molecule has 0 radical (unpaired) electrons. The summed E-state index contributed by atoms with van der Waals surface area (Å²) in [4.78, 5) is 8.79. The molecule has 0 aliphatic heterocycles. The van der Waals surface area contributed by atoms with Gasteiger partial charge in [0.2, 0.25) is 10.0 Å². The normalized spacial score (nSPS) is 11.9. The van der Waals surface area contributed by atoms with Crippen LogP contribution in [-0.2, 0) is 14.8 Å². The molecule has 118 valence electrons. The minimum atomic E-state index is -5.04. The standard InChI is InChI=1S/C11H11F4NO4S/c1-2-3-16(5-8(17)18)21(19,20)11-9(14)6(12)4-7(13)10(11)15/h4H,2-3,5H2,1H3,(H,17,18). The van der Waals surface area contributed by atoms with Crippen molar-refractivity contribution >= 4 is 16.0 Å². The van der Waals surface area contributed by atoms with Crippen LogP contribution in [0.2, 0.25) is 0 Å². The van der Waals surface area contributed by atoms with E-state index in [1.54, 1.807) is 0 Å². The van der Waals surface area contributed by atoms with E-state index in [1.807, 2.05) is 0 Å². The molecule has 0 atom stereocenters. The molecule has 1 aromatic carbocycles. The maximum Gasteiger partial charge on any atom is 0.318 e. The monoisotopic (exact) mass is 329 g/mol. The predicted octanol–water partition coefficient (Wildman–Crippen LogP) is 1.73. The third-order valence-electron chi connectivity index (χ3n) is 2.45. The Hall–Kier alpha value is -1.68. The fourth-order valence-electron chi connectivity index (χ4n) is 1.59. The van der Waals surface area contributed by atoms with Gasteiger partial charge in [-0.25, -0.2) is 26.0 Å². The van der Waals surface area contributed by atoms with Gasteiger partial charge in [-0.1, -0.05) is 6.92 Å². The summed E-state index contributed by atoms with van der Waals surface area (Å²) in [5, 5.41) is 8.63. The van der Waals surface area contributed by atoms with Crippen molar-refractivity contribution in [3.8, 4) is 0 Å². The fourth-order valence-corrected chi connectivity index (χ4v) is 3.20. The Morgan fingerprint density at radius 2 is 1.67 bits per heavy atom. The maximum absolute atomic E-state index is 13.5. The van der Waals surface area contributed by atoms with Crippen molar-refractivity contribution in [1.29, 1.82) is 0 Å². The number of halogens is 4. The van der Waals surface area contributed by atoms with Crippen LogP contribution in [0.1, 0.15) is 13.3 Å². The van der Waals surface area contributed by atoms with Crippen molar-refractivity contribution in [3.05, 3.63) is 29.3 Å². The third kappa shape index (κ3) is 3.50. The Bertz CT molecular complexity index is 636. The lowest BCUT2D eigenvalue weighted by molar-refractivity contribution is -0.137. The smallest absolute Gasteiger partial charge is 0.318 e. The minimum absolute atomic E-state index is 0.132. The number of rotatable bonds is 6. The Labute approximate surface area is 117 Å². The Balaban J connectivity index is 3.51. The molecule has 0 aromatic heterocycles. The molecular formula is C11H11F4NO4S. The van der Waals surface area contributed by atoms with Crippen molar-refractivity contribution in [2.75, 3.05) is 13.1 Å². The summed E-state index contributed by atoms with van der Waals surface area (Å²) < 4.78 is 77.6. The Morgan fingerprint density at radius 1 is 1.19 bits per heavy atom. The molecule has 10 heteroatoms. The highest BCUT2D eigenvalue weighted by molar-refractivity contribution is 7.89. The van der Waals surface area contributed by atoms with Crippen molar-refractivity contribution in [2.45, 2.75) is 18.2 Å². The van der Waals surface area contributed by atoms with Gasteiger partial charge in [-0.2, -0.15) is 4.31 Å². The first-order chi connectivity index (χ1) is 9.62. The van der Waals surface area contributed by atoms with Gasteiger partial charge in [-0.3, -0.25) is 4.79 Å². The SMILES string of the molecule is CCCN(CC(=O)O)S(=O)(=O)c1c(F)c(F)cc(F)c1F. The number of hydrogen-bond acceptors (Lipinski definition) is 3. The van der Waals surface area contributed by atoms with Crippen molar-refractivity contribution in [1.82, 2.24) is 4.31 Å². The van der Waals surface area contributed by atoms with Crippen molar-refractivity contribution in [3.63, 3.8) is 0 Å². The van der Waals surface area contributed by atoms with Crippen LogP contribution < -0.4 is 0 Å². The van der Waals surface area contributed by atoms with E-state index in [2.05, 4.69) is 0 Å². The van der Waals surface area contributed by atoms with Crippen LogP contribution in [0, 0.1) is 23.3 Å². The average Bonchev–Trinajstić information content (AvgIpc) is 2.35. The van der Waals surface area contributed by atoms with Crippen LogP contribution in [0.3, 0.4) is 0 Å². The van der Waals surface area contributed by atoms with Crippen molar-refractivity contribution < 1.29 is 35.9 Å². The van der Waals surface area contributed by atoms with E-state index in [1.165, 1.54) is 6.92 Å². The van der Waals surface area contributed by atoms with E-state index in [4.69, 9.17) is 5.11 Å². The van der Waals surface area contributed by atoms with Crippen LogP contribution in [0.25, 0.3) is 0 Å². The second kappa shape index (κ2) is 6.39. The number of nitrogens with zero attached hydrogens (tertiary/aromatic N) is 1. The Kier molecular flexibility index (Phi) is 5.29. The van der Waals surface area contributed by atoms with E-state index in [9.17, 15) is 30.8 Å². The topological polar surface area (TPSA) is 74.7 Å². The molecule has 0 saturated carbocycles. The third-order valence-corrected chi connectivity index (χ3v) is 4.32. The van der Waals surface area contributed by atoms with E-state index < -0.39 is 50.7 Å². The molecular weight excluding hydrogens is 318 g/mol. The predicted molar refractivity (Wildman–Crippen MR) is 63.0 cm³/mol. The number of carboxylic acid groups (broad SMARTS) is 1. The highest BCUT2D eigenvalue weighted by Crippen LogP contribution is 2.26. The number of hydrogen-bond donors (Lipinski definition) is 1. The van der Waals surface area contributed by atoms with E-state index in [-0.39, 0.29) is 23.3 Å². The van der Waals surface area contributed by atoms with Gasteiger partial charge in [0, 0.05) is 12.6 Å². The van der Waals surface area contributed by atoms with Gasteiger partial charge in [0.15, 0.2) is 28.2 Å². The number of sulfonamides is 1. The first-order valence-electron chi connectivity index (χ1n) is 5.67. The van der Waals surface area contributed by atoms with Crippen LogP contribution in [-0.4, -0.2) is 36.9 Å². The van der Waals surface area contributed by atoms with Crippen LogP contribution in [0.15, 0.2) is 11.0 Å². The van der Waals surface area contributed by atoms with E-state index in [0.29, 0.717) is 0 Å². The zero-order valence-electron chi connectivity index (χ0n) is 10.7. The van der Waals surface area contributed by atoms with E-state index >= 15 is 0 Å². The Morgan fingerprint density at radius 3 is 2.05 bits per heavy atom. The van der Waals surface area contributed by atoms with Gasteiger partial charge in [-0.15, -0.1) is 0 Å². The van der Waals surface area contributed by atoms with Gasteiger partial charge >= 0.3 is 5.97 Å². The molecule has 21 heavy (non-hydrogen) atoms. The largest absolute Gasteiger partial charge is 0.480 e. The van der Waals surface area contributed by atoms with Gasteiger partial charge < -0.3 is 5.11 Å². The van der Waals surface area contributed by atoms with Crippen LogP contribution >= 0.6 is 0 Å². The summed E-state index contributed by atoms with van der Waals surface area (Å²) in [6.07, 6.45) is 0.132. The van der Waals surface area contributed by atoms with Crippen molar-refractivity contribution in [2.24, 2.45) is 0 Å². The molecule has 0 unspecified atom stereocenters. The number of carboxylic acids is 1. The molecule has 0 heterocycles. The van der Waals surface area contributed by atoms with Crippen LogP contribution in [0.4, 0.5) is 17.6 Å². The molecule has 1 N–H and O–H groups in total. The first-order valence-corrected chi connectivity index (χ1v) is 7.11. The molecule has 0 bridgehead atoms. The number of aliphatic carboxylic acids is 1. The van der Waals surface area contributed by atoms with Gasteiger partial charge in [-0.05, 0) is 6.42 Å². The summed E-state index contributed by atoms with van der Waals surface area (Å²) in [6, 6.07) is -0.134. The molecule has 0 amide bonds. The molecule has 0 aliphatic carbocycles.